The van der Waals surface area contributed by atoms with Gasteiger partial charge in [0.05, 0.1) is 6.10 Å². The van der Waals surface area contributed by atoms with Crippen molar-refractivity contribution >= 4 is 11.8 Å². The van der Waals surface area contributed by atoms with Gasteiger partial charge in [0.2, 0.25) is 0 Å². The summed E-state index contributed by atoms with van der Waals surface area (Å²) in [6.45, 7) is 4.32. The van der Waals surface area contributed by atoms with Crippen LogP contribution in [0.3, 0.4) is 0 Å². The standard InChI is InChI=1S/C9H20OS/c1-3-5-6-7-9(10)8-11-4-2/h9-10H,3-8H2,1-2H3/t9-/m0/s1. The van der Waals surface area contributed by atoms with Crippen molar-refractivity contribution in [2.45, 2.75) is 45.6 Å². The van der Waals surface area contributed by atoms with Crippen LogP contribution in [-0.4, -0.2) is 22.7 Å². The van der Waals surface area contributed by atoms with E-state index in [-0.39, 0.29) is 6.10 Å². The largest absolute Gasteiger partial charge is 0.392 e. The lowest BCUT2D eigenvalue weighted by molar-refractivity contribution is 0.185. The van der Waals surface area contributed by atoms with E-state index in [4.69, 9.17) is 0 Å². The SMILES string of the molecule is CCCCC[C@H](O)CSCC. The lowest BCUT2D eigenvalue weighted by Gasteiger charge is -2.07. The molecule has 0 aromatic rings. The normalized spacial score (nSPS) is 13.4. The Labute approximate surface area is 74.6 Å². The Bertz CT molecular complexity index is 76.0. The summed E-state index contributed by atoms with van der Waals surface area (Å²) < 4.78 is 0. The van der Waals surface area contributed by atoms with Gasteiger partial charge in [-0.05, 0) is 12.2 Å². The Morgan fingerprint density at radius 3 is 2.55 bits per heavy atom. The second kappa shape index (κ2) is 8.41. The molecule has 0 saturated carbocycles. The van der Waals surface area contributed by atoms with E-state index in [1.54, 1.807) is 0 Å². The summed E-state index contributed by atoms with van der Waals surface area (Å²) in [7, 11) is 0. The minimum Gasteiger partial charge on any atom is -0.392 e. The van der Waals surface area contributed by atoms with Crippen LogP contribution in [0.5, 0.6) is 0 Å². The third-order valence-corrected chi connectivity index (χ3v) is 2.68. The topological polar surface area (TPSA) is 20.2 Å². The fourth-order valence-electron chi connectivity index (χ4n) is 0.967. The third-order valence-electron chi connectivity index (χ3n) is 1.66. The third kappa shape index (κ3) is 8.21. The first kappa shape index (κ1) is 11.3. The van der Waals surface area contributed by atoms with Crippen LogP contribution in [0.25, 0.3) is 0 Å². The van der Waals surface area contributed by atoms with Crippen LogP contribution in [-0.2, 0) is 0 Å². The molecule has 11 heavy (non-hydrogen) atoms. The van der Waals surface area contributed by atoms with Gasteiger partial charge in [0.1, 0.15) is 0 Å². The van der Waals surface area contributed by atoms with E-state index in [1.807, 2.05) is 11.8 Å². The molecule has 2 heteroatoms. The summed E-state index contributed by atoms with van der Waals surface area (Å²) in [6, 6.07) is 0. The molecule has 0 fully saturated rings. The molecule has 0 aliphatic rings. The van der Waals surface area contributed by atoms with Crippen molar-refractivity contribution in [3.63, 3.8) is 0 Å². The number of rotatable bonds is 7. The average molecular weight is 176 g/mol. The summed E-state index contributed by atoms with van der Waals surface area (Å²) in [6.07, 6.45) is 4.61. The highest BCUT2D eigenvalue weighted by Gasteiger charge is 2.01. The van der Waals surface area contributed by atoms with E-state index in [0.29, 0.717) is 0 Å². The molecule has 0 heterocycles. The van der Waals surface area contributed by atoms with Gasteiger partial charge in [0, 0.05) is 5.75 Å². The molecule has 0 aromatic carbocycles. The van der Waals surface area contributed by atoms with Crippen LogP contribution < -0.4 is 0 Å². The Morgan fingerprint density at radius 2 is 2.00 bits per heavy atom. The zero-order valence-electron chi connectivity index (χ0n) is 7.68. The molecule has 1 nitrogen and oxygen atoms in total. The Balaban J connectivity index is 3.02. The Hall–Kier alpha value is 0.310. The van der Waals surface area contributed by atoms with Crippen LogP contribution in [0.2, 0.25) is 0 Å². The van der Waals surface area contributed by atoms with E-state index in [2.05, 4.69) is 13.8 Å². The summed E-state index contributed by atoms with van der Waals surface area (Å²) in [4.78, 5) is 0. The van der Waals surface area contributed by atoms with Crippen LogP contribution >= 0.6 is 11.8 Å². The van der Waals surface area contributed by atoms with Gasteiger partial charge in [0.25, 0.3) is 0 Å². The van der Waals surface area contributed by atoms with Crippen LogP contribution in [0.1, 0.15) is 39.5 Å². The average Bonchev–Trinajstić information content (AvgIpc) is 2.01. The number of hydrogen-bond acceptors (Lipinski definition) is 2. The molecular formula is C9H20OS. The highest BCUT2D eigenvalue weighted by molar-refractivity contribution is 7.99. The smallest absolute Gasteiger partial charge is 0.0630 e. The second-order valence-corrected chi connectivity index (χ2v) is 4.13. The summed E-state index contributed by atoms with van der Waals surface area (Å²) in [5.41, 5.74) is 0. The first-order valence-corrected chi connectivity index (χ1v) is 5.72. The van der Waals surface area contributed by atoms with Crippen molar-refractivity contribution in [2.75, 3.05) is 11.5 Å². The van der Waals surface area contributed by atoms with Crippen molar-refractivity contribution in [2.24, 2.45) is 0 Å². The van der Waals surface area contributed by atoms with Gasteiger partial charge in [-0.3, -0.25) is 0 Å². The molecule has 0 saturated heterocycles. The van der Waals surface area contributed by atoms with Crippen molar-refractivity contribution in [3.05, 3.63) is 0 Å². The number of hydrogen-bond donors (Lipinski definition) is 1. The molecule has 0 aliphatic carbocycles. The fourth-order valence-corrected chi connectivity index (χ4v) is 1.64. The fraction of sp³-hybridized carbons (Fsp3) is 1.00. The van der Waals surface area contributed by atoms with Crippen molar-refractivity contribution in [1.82, 2.24) is 0 Å². The molecule has 68 valence electrons. The number of unbranched alkanes of at least 4 members (excludes halogenated alkanes) is 2. The number of thioether (sulfide) groups is 1. The summed E-state index contributed by atoms with van der Waals surface area (Å²) in [5, 5.41) is 9.39. The molecule has 1 N–H and O–H groups in total. The van der Waals surface area contributed by atoms with Gasteiger partial charge >= 0.3 is 0 Å². The zero-order valence-corrected chi connectivity index (χ0v) is 8.49. The van der Waals surface area contributed by atoms with Gasteiger partial charge in [-0.15, -0.1) is 0 Å². The number of aliphatic hydroxyl groups excluding tert-OH is 1. The minimum atomic E-state index is -0.0634. The molecule has 0 radical (unpaired) electrons. The monoisotopic (exact) mass is 176 g/mol. The molecule has 0 bridgehead atoms. The minimum absolute atomic E-state index is 0.0634. The maximum absolute atomic E-state index is 9.39. The lowest BCUT2D eigenvalue weighted by Crippen LogP contribution is -2.09. The number of aliphatic hydroxyl groups is 1. The Morgan fingerprint density at radius 1 is 1.27 bits per heavy atom. The van der Waals surface area contributed by atoms with Crippen LogP contribution in [0.4, 0.5) is 0 Å². The molecule has 0 spiro atoms. The van der Waals surface area contributed by atoms with E-state index in [0.717, 1.165) is 17.9 Å². The maximum atomic E-state index is 9.39. The molecule has 0 unspecified atom stereocenters. The molecule has 0 aliphatic heterocycles. The molecule has 0 amide bonds. The van der Waals surface area contributed by atoms with E-state index < -0.39 is 0 Å². The summed E-state index contributed by atoms with van der Waals surface area (Å²) in [5.74, 6) is 2.03. The maximum Gasteiger partial charge on any atom is 0.0630 e. The van der Waals surface area contributed by atoms with Gasteiger partial charge in [0.15, 0.2) is 0 Å². The molecule has 0 rings (SSSR count). The molecule has 1 atom stereocenters. The Kier molecular flexibility index (Phi) is 8.64. The zero-order chi connectivity index (χ0) is 8.53. The summed E-state index contributed by atoms with van der Waals surface area (Å²) >= 11 is 1.82. The second-order valence-electron chi connectivity index (χ2n) is 2.81. The lowest BCUT2D eigenvalue weighted by atomic mass is 10.1. The first-order chi connectivity index (χ1) is 5.31. The highest BCUT2D eigenvalue weighted by atomic mass is 32.2. The van der Waals surface area contributed by atoms with E-state index in [9.17, 15) is 5.11 Å². The van der Waals surface area contributed by atoms with E-state index in [1.165, 1.54) is 19.3 Å². The van der Waals surface area contributed by atoms with Crippen molar-refractivity contribution < 1.29 is 5.11 Å². The highest BCUT2D eigenvalue weighted by Crippen LogP contribution is 2.08. The van der Waals surface area contributed by atoms with Gasteiger partial charge < -0.3 is 5.11 Å². The van der Waals surface area contributed by atoms with Gasteiger partial charge in [-0.2, -0.15) is 11.8 Å². The molecular weight excluding hydrogens is 156 g/mol. The predicted octanol–water partition coefficient (Wildman–Crippen LogP) is 2.68. The first-order valence-electron chi connectivity index (χ1n) is 4.57. The molecule has 0 aromatic heterocycles. The van der Waals surface area contributed by atoms with Crippen LogP contribution in [0.15, 0.2) is 0 Å². The van der Waals surface area contributed by atoms with E-state index >= 15 is 0 Å². The van der Waals surface area contributed by atoms with Crippen molar-refractivity contribution in [1.29, 1.82) is 0 Å². The van der Waals surface area contributed by atoms with Crippen molar-refractivity contribution in [3.8, 4) is 0 Å². The quantitative estimate of drug-likeness (QED) is 0.602. The van der Waals surface area contributed by atoms with Crippen LogP contribution in [0, 0.1) is 0 Å². The van der Waals surface area contributed by atoms with Gasteiger partial charge in [-0.25, -0.2) is 0 Å². The predicted molar refractivity (Wildman–Crippen MR) is 53.1 cm³/mol. The van der Waals surface area contributed by atoms with Gasteiger partial charge in [-0.1, -0.05) is 33.1 Å².